The van der Waals surface area contributed by atoms with Crippen LogP contribution in [0.1, 0.15) is 19.3 Å². The minimum atomic E-state index is -3.30. The van der Waals surface area contributed by atoms with Crippen molar-refractivity contribution in [1.29, 1.82) is 0 Å². The van der Waals surface area contributed by atoms with E-state index in [-0.39, 0.29) is 6.04 Å². The lowest BCUT2D eigenvalue weighted by Gasteiger charge is -2.34. The number of hydrogen-bond donors (Lipinski definition) is 2. The van der Waals surface area contributed by atoms with E-state index < -0.39 is 10.2 Å². The molecular weight excluding hydrogens is 242 g/mol. The van der Waals surface area contributed by atoms with Crippen molar-refractivity contribution in [3.05, 3.63) is 0 Å². The quantitative estimate of drug-likeness (QED) is 0.611. The van der Waals surface area contributed by atoms with Crippen molar-refractivity contribution in [1.82, 2.24) is 14.3 Å². The molecule has 6 nitrogen and oxygen atoms in total. The zero-order chi connectivity index (χ0) is 12.7. The highest BCUT2D eigenvalue weighted by Gasteiger charge is 2.30. The summed E-state index contributed by atoms with van der Waals surface area (Å²) in [7, 11) is -0.191. The Hall–Kier alpha value is -0.210. The Bertz CT molecular complexity index is 308. The molecular formula is C10H23N3O3S. The molecule has 1 rings (SSSR count). The Morgan fingerprint density at radius 3 is 2.82 bits per heavy atom. The standard InChI is InChI=1S/C10H23N3O3S/c1-11-17(14,15)13-7-4-3-5-10(13)9-12-6-8-16-2/h10-12H,3-9H2,1-2H3. The van der Waals surface area contributed by atoms with E-state index in [2.05, 4.69) is 10.0 Å². The molecule has 0 aromatic rings. The summed E-state index contributed by atoms with van der Waals surface area (Å²) in [6.07, 6.45) is 2.95. The van der Waals surface area contributed by atoms with Gasteiger partial charge in [0.25, 0.3) is 10.2 Å². The minimum absolute atomic E-state index is 0.0538. The molecule has 1 fully saturated rings. The second kappa shape index (κ2) is 7.27. The summed E-state index contributed by atoms with van der Waals surface area (Å²) in [5.74, 6) is 0. The average molecular weight is 265 g/mol. The van der Waals surface area contributed by atoms with Crippen LogP contribution >= 0.6 is 0 Å². The Labute approximate surface area is 104 Å². The van der Waals surface area contributed by atoms with Crippen molar-refractivity contribution in [3.8, 4) is 0 Å². The molecule has 0 aliphatic carbocycles. The molecule has 0 spiro atoms. The fraction of sp³-hybridized carbons (Fsp3) is 1.00. The molecule has 0 radical (unpaired) electrons. The number of nitrogens with one attached hydrogen (secondary N) is 2. The SMILES string of the molecule is CNS(=O)(=O)N1CCCCC1CNCCOC. The molecule has 17 heavy (non-hydrogen) atoms. The van der Waals surface area contributed by atoms with E-state index in [4.69, 9.17) is 4.74 Å². The summed E-state index contributed by atoms with van der Waals surface area (Å²) in [5.41, 5.74) is 0. The Morgan fingerprint density at radius 1 is 1.41 bits per heavy atom. The Balaban J connectivity index is 2.49. The molecule has 0 saturated carbocycles. The van der Waals surface area contributed by atoms with E-state index in [0.717, 1.165) is 25.8 Å². The number of methoxy groups -OCH3 is 1. The van der Waals surface area contributed by atoms with Crippen LogP contribution in [0.3, 0.4) is 0 Å². The van der Waals surface area contributed by atoms with Gasteiger partial charge in [-0.05, 0) is 12.8 Å². The number of nitrogens with zero attached hydrogens (tertiary/aromatic N) is 1. The van der Waals surface area contributed by atoms with Crippen LogP contribution in [0.2, 0.25) is 0 Å². The van der Waals surface area contributed by atoms with Gasteiger partial charge in [-0.25, -0.2) is 4.72 Å². The van der Waals surface area contributed by atoms with E-state index >= 15 is 0 Å². The number of piperidine rings is 1. The third-order valence-corrected chi connectivity index (χ3v) is 4.62. The fourth-order valence-electron chi connectivity index (χ4n) is 2.05. The van der Waals surface area contributed by atoms with E-state index in [1.807, 2.05) is 0 Å². The molecule has 2 N–H and O–H groups in total. The lowest BCUT2D eigenvalue weighted by molar-refractivity contribution is 0.191. The predicted molar refractivity (Wildman–Crippen MR) is 67.1 cm³/mol. The number of rotatable bonds is 7. The second-order valence-electron chi connectivity index (χ2n) is 4.17. The van der Waals surface area contributed by atoms with Gasteiger partial charge in [-0.1, -0.05) is 6.42 Å². The number of hydrogen-bond acceptors (Lipinski definition) is 4. The monoisotopic (exact) mass is 265 g/mol. The summed E-state index contributed by atoms with van der Waals surface area (Å²) < 4.78 is 32.5. The highest BCUT2D eigenvalue weighted by molar-refractivity contribution is 7.87. The van der Waals surface area contributed by atoms with Gasteiger partial charge in [-0.2, -0.15) is 12.7 Å². The zero-order valence-electron chi connectivity index (χ0n) is 10.6. The van der Waals surface area contributed by atoms with Gasteiger partial charge in [-0.3, -0.25) is 0 Å². The van der Waals surface area contributed by atoms with Crippen LogP contribution in [0.5, 0.6) is 0 Å². The summed E-state index contributed by atoms with van der Waals surface area (Å²) in [6, 6.07) is 0.0538. The molecule has 1 aliphatic heterocycles. The topological polar surface area (TPSA) is 70.7 Å². The van der Waals surface area contributed by atoms with Crippen molar-refractivity contribution in [2.75, 3.05) is 40.4 Å². The minimum Gasteiger partial charge on any atom is -0.383 e. The summed E-state index contributed by atoms with van der Waals surface area (Å²) >= 11 is 0. The Kier molecular flexibility index (Phi) is 6.35. The van der Waals surface area contributed by atoms with Gasteiger partial charge in [0.1, 0.15) is 0 Å². The molecule has 1 aliphatic rings. The molecule has 1 heterocycles. The van der Waals surface area contributed by atoms with Gasteiger partial charge in [0.15, 0.2) is 0 Å². The Morgan fingerprint density at radius 2 is 2.18 bits per heavy atom. The van der Waals surface area contributed by atoms with Crippen molar-refractivity contribution in [3.63, 3.8) is 0 Å². The highest BCUT2D eigenvalue weighted by Crippen LogP contribution is 2.18. The molecule has 1 atom stereocenters. The second-order valence-corrected chi connectivity index (χ2v) is 5.99. The molecule has 7 heteroatoms. The van der Waals surface area contributed by atoms with Gasteiger partial charge in [0, 0.05) is 39.8 Å². The smallest absolute Gasteiger partial charge is 0.279 e. The van der Waals surface area contributed by atoms with E-state index in [1.165, 1.54) is 7.05 Å². The van der Waals surface area contributed by atoms with Crippen molar-refractivity contribution in [2.45, 2.75) is 25.3 Å². The lowest BCUT2D eigenvalue weighted by atomic mass is 10.1. The highest BCUT2D eigenvalue weighted by atomic mass is 32.2. The van der Waals surface area contributed by atoms with Crippen LogP contribution < -0.4 is 10.0 Å². The molecule has 0 bridgehead atoms. The van der Waals surface area contributed by atoms with Crippen molar-refractivity contribution < 1.29 is 13.2 Å². The van der Waals surface area contributed by atoms with Gasteiger partial charge in [0.05, 0.1) is 6.61 Å². The van der Waals surface area contributed by atoms with Gasteiger partial charge >= 0.3 is 0 Å². The normalized spacial score (nSPS) is 22.8. The molecule has 102 valence electrons. The van der Waals surface area contributed by atoms with Crippen LogP contribution in [0.15, 0.2) is 0 Å². The van der Waals surface area contributed by atoms with Gasteiger partial charge in [0.2, 0.25) is 0 Å². The molecule has 0 amide bonds. The molecule has 0 aromatic heterocycles. The van der Waals surface area contributed by atoms with E-state index in [9.17, 15) is 8.42 Å². The molecule has 1 unspecified atom stereocenters. The predicted octanol–water partition coefficient (Wildman–Crippen LogP) is -0.459. The summed E-state index contributed by atoms with van der Waals surface area (Å²) in [5, 5.41) is 3.22. The third-order valence-electron chi connectivity index (χ3n) is 3.00. The largest absolute Gasteiger partial charge is 0.383 e. The zero-order valence-corrected chi connectivity index (χ0v) is 11.4. The molecule has 1 saturated heterocycles. The van der Waals surface area contributed by atoms with Crippen LogP contribution in [0.25, 0.3) is 0 Å². The first kappa shape index (κ1) is 14.8. The fourth-order valence-corrected chi connectivity index (χ4v) is 3.23. The van der Waals surface area contributed by atoms with Crippen molar-refractivity contribution in [2.24, 2.45) is 0 Å². The van der Waals surface area contributed by atoms with Crippen LogP contribution in [0.4, 0.5) is 0 Å². The summed E-state index contributed by atoms with van der Waals surface area (Å²) in [6.45, 7) is 2.69. The first-order chi connectivity index (χ1) is 8.11. The first-order valence-corrected chi connectivity index (χ1v) is 7.46. The van der Waals surface area contributed by atoms with Crippen LogP contribution in [-0.2, 0) is 14.9 Å². The maximum atomic E-state index is 11.8. The van der Waals surface area contributed by atoms with Crippen LogP contribution in [-0.4, -0.2) is 59.2 Å². The van der Waals surface area contributed by atoms with Crippen molar-refractivity contribution >= 4 is 10.2 Å². The summed E-state index contributed by atoms with van der Waals surface area (Å²) in [4.78, 5) is 0. The van der Waals surface area contributed by atoms with E-state index in [1.54, 1.807) is 11.4 Å². The maximum absolute atomic E-state index is 11.8. The van der Waals surface area contributed by atoms with Gasteiger partial charge in [-0.15, -0.1) is 0 Å². The average Bonchev–Trinajstić information content (AvgIpc) is 2.35. The van der Waals surface area contributed by atoms with E-state index in [0.29, 0.717) is 19.7 Å². The van der Waals surface area contributed by atoms with Gasteiger partial charge < -0.3 is 10.1 Å². The lowest BCUT2D eigenvalue weighted by Crippen LogP contribution is -2.51. The van der Waals surface area contributed by atoms with Crippen LogP contribution in [0, 0.1) is 0 Å². The maximum Gasteiger partial charge on any atom is 0.279 e. The molecule has 0 aromatic carbocycles. The third kappa shape index (κ3) is 4.51. The number of ether oxygens (including phenoxy) is 1. The first-order valence-electron chi connectivity index (χ1n) is 6.01.